The molecule has 0 bridgehead atoms. The van der Waals surface area contributed by atoms with Crippen molar-refractivity contribution >= 4 is 11.9 Å². The van der Waals surface area contributed by atoms with E-state index in [0.717, 1.165) is 5.69 Å². The summed E-state index contributed by atoms with van der Waals surface area (Å²) in [6.07, 6.45) is 1.99. The van der Waals surface area contributed by atoms with Crippen molar-refractivity contribution in [2.75, 3.05) is 5.73 Å². The molecule has 0 aromatic carbocycles. The van der Waals surface area contributed by atoms with Gasteiger partial charge in [-0.25, -0.2) is 4.68 Å². The first-order valence-electron chi connectivity index (χ1n) is 5.98. The number of carbonyl (C=O) groups is 1. The fourth-order valence-electron chi connectivity index (χ4n) is 2.50. The van der Waals surface area contributed by atoms with Crippen LogP contribution >= 0.6 is 0 Å². The Balaban J connectivity index is 2.01. The van der Waals surface area contributed by atoms with Crippen LogP contribution in [-0.4, -0.2) is 30.8 Å². The second-order valence-corrected chi connectivity index (χ2v) is 4.58. The van der Waals surface area contributed by atoms with Crippen LogP contribution in [0.5, 0.6) is 0 Å². The van der Waals surface area contributed by atoms with Crippen LogP contribution in [0.2, 0.25) is 0 Å². The molecule has 1 aliphatic heterocycles. The van der Waals surface area contributed by atoms with E-state index in [1.54, 1.807) is 16.9 Å². The molecule has 0 fully saturated rings. The molecule has 3 N–H and O–H groups in total. The normalized spacial score (nSPS) is 21.9. The van der Waals surface area contributed by atoms with E-state index in [-0.39, 0.29) is 11.9 Å². The number of fused-ring (bicyclic) bond motifs is 1. The smallest absolute Gasteiger partial charge is 0.307 e. The van der Waals surface area contributed by atoms with Crippen LogP contribution in [0.3, 0.4) is 0 Å². The van der Waals surface area contributed by atoms with Gasteiger partial charge in [-0.3, -0.25) is 9.78 Å². The molecule has 0 saturated heterocycles. The van der Waals surface area contributed by atoms with Gasteiger partial charge in [0, 0.05) is 24.2 Å². The van der Waals surface area contributed by atoms with Gasteiger partial charge in [0.1, 0.15) is 5.82 Å². The van der Waals surface area contributed by atoms with Gasteiger partial charge in [0.15, 0.2) is 0 Å². The van der Waals surface area contributed by atoms with Crippen molar-refractivity contribution < 1.29 is 9.90 Å². The Morgan fingerprint density at radius 3 is 3.00 bits per heavy atom. The Morgan fingerprint density at radius 2 is 2.32 bits per heavy atom. The summed E-state index contributed by atoms with van der Waals surface area (Å²) in [4.78, 5) is 19.8. The Morgan fingerprint density at radius 1 is 1.47 bits per heavy atom. The molecule has 3 heterocycles. The van der Waals surface area contributed by atoms with Crippen molar-refractivity contribution in [2.45, 2.75) is 18.9 Å². The van der Waals surface area contributed by atoms with Gasteiger partial charge >= 0.3 is 5.97 Å². The summed E-state index contributed by atoms with van der Waals surface area (Å²) in [6.45, 7) is 0.438. The number of aliphatic carboxylic acids is 1. The van der Waals surface area contributed by atoms with Gasteiger partial charge in [-0.15, -0.1) is 5.10 Å². The van der Waals surface area contributed by atoms with E-state index in [2.05, 4.69) is 15.1 Å². The summed E-state index contributed by atoms with van der Waals surface area (Å²) in [6, 6.07) is 5.50. The molecule has 2 aromatic heterocycles. The molecule has 0 radical (unpaired) electrons. The molecule has 98 valence electrons. The molecule has 19 heavy (non-hydrogen) atoms. The SMILES string of the molecule is Nc1nc2n(n1)CC(c1ccccn1)C(C(=O)O)C2. The third-order valence-corrected chi connectivity index (χ3v) is 3.41. The molecule has 0 spiro atoms. The molecule has 7 nitrogen and oxygen atoms in total. The first-order valence-corrected chi connectivity index (χ1v) is 5.98. The highest BCUT2D eigenvalue weighted by atomic mass is 16.4. The number of nitrogen functional groups attached to an aromatic ring is 1. The van der Waals surface area contributed by atoms with Gasteiger partial charge in [-0.2, -0.15) is 4.98 Å². The number of hydrogen-bond donors (Lipinski definition) is 2. The summed E-state index contributed by atoms with van der Waals surface area (Å²) < 4.78 is 1.67. The lowest BCUT2D eigenvalue weighted by molar-refractivity contribution is -0.143. The summed E-state index contributed by atoms with van der Waals surface area (Å²) >= 11 is 0. The van der Waals surface area contributed by atoms with Crippen LogP contribution in [0.25, 0.3) is 0 Å². The van der Waals surface area contributed by atoms with Gasteiger partial charge in [0.25, 0.3) is 0 Å². The molecular weight excluding hydrogens is 246 g/mol. The lowest BCUT2D eigenvalue weighted by atomic mass is 9.84. The van der Waals surface area contributed by atoms with Gasteiger partial charge in [0.2, 0.25) is 5.95 Å². The van der Waals surface area contributed by atoms with E-state index in [4.69, 9.17) is 5.73 Å². The maximum atomic E-state index is 11.4. The number of nitrogens with two attached hydrogens (primary N) is 1. The fourth-order valence-corrected chi connectivity index (χ4v) is 2.50. The van der Waals surface area contributed by atoms with Crippen LogP contribution < -0.4 is 5.73 Å². The summed E-state index contributed by atoms with van der Waals surface area (Å²) in [7, 11) is 0. The molecule has 7 heteroatoms. The van der Waals surface area contributed by atoms with Gasteiger partial charge in [-0.05, 0) is 12.1 Å². The average molecular weight is 259 g/mol. The molecule has 2 unspecified atom stereocenters. The van der Waals surface area contributed by atoms with Crippen LogP contribution in [-0.2, 0) is 17.8 Å². The number of hydrogen-bond acceptors (Lipinski definition) is 5. The Kier molecular flexibility index (Phi) is 2.66. The molecule has 3 rings (SSSR count). The van der Waals surface area contributed by atoms with E-state index in [0.29, 0.717) is 18.8 Å². The minimum absolute atomic E-state index is 0.181. The average Bonchev–Trinajstić information content (AvgIpc) is 2.77. The minimum atomic E-state index is -0.844. The lowest BCUT2D eigenvalue weighted by Crippen LogP contribution is -2.34. The van der Waals surface area contributed by atoms with Crippen LogP contribution in [0.15, 0.2) is 24.4 Å². The van der Waals surface area contributed by atoms with E-state index >= 15 is 0 Å². The second-order valence-electron chi connectivity index (χ2n) is 4.58. The van der Waals surface area contributed by atoms with E-state index < -0.39 is 11.9 Å². The minimum Gasteiger partial charge on any atom is -0.481 e. The zero-order chi connectivity index (χ0) is 13.4. The number of pyridine rings is 1. The molecule has 0 saturated carbocycles. The highest BCUT2D eigenvalue weighted by Crippen LogP contribution is 2.32. The molecule has 0 aliphatic carbocycles. The quantitative estimate of drug-likeness (QED) is 0.803. The van der Waals surface area contributed by atoms with Gasteiger partial charge in [0.05, 0.1) is 12.5 Å². The maximum Gasteiger partial charge on any atom is 0.307 e. The zero-order valence-corrected chi connectivity index (χ0v) is 10.1. The van der Waals surface area contributed by atoms with Crippen molar-refractivity contribution in [3.05, 3.63) is 35.9 Å². The number of aromatic nitrogens is 4. The van der Waals surface area contributed by atoms with Crippen molar-refractivity contribution in [1.82, 2.24) is 19.7 Å². The predicted octanol–water partition coefficient (Wildman–Crippen LogP) is 0.296. The Hall–Kier alpha value is -2.44. The molecule has 2 aromatic rings. The number of carboxylic acid groups (broad SMARTS) is 1. The lowest BCUT2D eigenvalue weighted by Gasteiger charge is -2.28. The maximum absolute atomic E-state index is 11.4. The molecule has 0 amide bonds. The van der Waals surface area contributed by atoms with Gasteiger partial charge < -0.3 is 10.8 Å². The third-order valence-electron chi connectivity index (χ3n) is 3.41. The summed E-state index contributed by atoms with van der Waals surface area (Å²) in [5.41, 5.74) is 6.32. The topological polar surface area (TPSA) is 107 Å². The van der Waals surface area contributed by atoms with Gasteiger partial charge in [-0.1, -0.05) is 6.07 Å². The first kappa shape index (κ1) is 11.6. The second kappa shape index (κ2) is 4.34. The first-order chi connectivity index (χ1) is 9.15. The largest absolute Gasteiger partial charge is 0.481 e. The van der Waals surface area contributed by atoms with Crippen LogP contribution in [0, 0.1) is 5.92 Å². The number of nitrogens with zero attached hydrogens (tertiary/aromatic N) is 4. The van der Waals surface area contributed by atoms with E-state index in [1.807, 2.05) is 12.1 Å². The molecular formula is C12H13N5O2. The van der Waals surface area contributed by atoms with Crippen molar-refractivity contribution in [1.29, 1.82) is 0 Å². The number of carboxylic acids is 1. The van der Waals surface area contributed by atoms with Crippen LogP contribution in [0.1, 0.15) is 17.4 Å². The molecule has 2 atom stereocenters. The zero-order valence-electron chi connectivity index (χ0n) is 10.1. The van der Waals surface area contributed by atoms with Crippen molar-refractivity contribution in [3.8, 4) is 0 Å². The summed E-state index contributed by atoms with van der Waals surface area (Å²) in [5.74, 6) is -0.806. The predicted molar refractivity (Wildman–Crippen MR) is 66.2 cm³/mol. The number of rotatable bonds is 2. The summed E-state index contributed by atoms with van der Waals surface area (Å²) in [5, 5.41) is 13.5. The third kappa shape index (κ3) is 2.03. The highest BCUT2D eigenvalue weighted by molar-refractivity contribution is 5.71. The Bertz CT molecular complexity index is 610. The monoisotopic (exact) mass is 259 g/mol. The Labute approximate surface area is 109 Å². The van der Waals surface area contributed by atoms with Crippen LogP contribution in [0.4, 0.5) is 5.95 Å². The van der Waals surface area contributed by atoms with Crippen molar-refractivity contribution in [3.63, 3.8) is 0 Å². The highest BCUT2D eigenvalue weighted by Gasteiger charge is 2.37. The molecule has 1 aliphatic rings. The van der Waals surface area contributed by atoms with Crippen molar-refractivity contribution in [2.24, 2.45) is 5.92 Å². The number of anilines is 1. The van der Waals surface area contributed by atoms with E-state index in [1.165, 1.54) is 0 Å². The fraction of sp³-hybridized carbons (Fsp3) is 0.333. The van der Waals surface area contributed by atoms with E-state index in [9.17, 15) is 9.90 Å². The standard InChI is InChI=1S/C12H13N5O2/c13-12-15-10-5-7(11(18)19)8(6-17(10)16-12)9-3-1-2-4-14-9/h1-4,7-8H,5-6H2,(H2,13,16)(H,18,19).